The van der Waals surface area contributed by atoms with Gasteiger partial charge in [-0.05, 0) is 25.1 Å². The van der Waals surface area contributed by atoms with E-state index in [1.807, 2.05) is 67.1 Å². The fourth-order valence-corrected chi connectivity index (χ4v) is 3.89. The fraction of sp³-hybridized carbons (Fsp3) is 0.158. The predicted octanol–water partition coefficient (Wildman–Crippen LogP) is 4.42. The Morgan fingerprint density at radius 3 is 2.75 bits per heavy atom. The fourth-order valence-electron chi connectivity index (χ4n) is 2.93. The summed E-state index contributed by atoms with van der Waals surface area (Å²) in [4.78, 5) is 20.7. The van der Waals surface area contributed by atoms with Gasteiger partial charge >= 0.3 is 0 Å². The number of hydrogen-bond acceptors (Lipinski definition) is 3. The molecule has 0 bridgehead atoms. The van der Waals surface area contributed by atoms with Crippen molar-refractivity contribution in [2.75, 3.05) is 0 Å². The summed E-state index contributed by atoms with van der Waals surface area (Å²) in [6.45, 7) is 1.94. The number of rotatable bonds is 4. The number of fused-ring (bicyclic) bond motifs is 2. The number of benzene rings is 2. The van der Waals surface area contributed by atoms with Gasteiger partial charge in [-0.2, -0.15) is 0 Å². The maximum Gasteiger partial charge on any atom is 0.178 e. The Hall–Kier alpha value is -2.53. The molecular formula is C19H17N3OS. The van der Waals surface area contributed by atoms with E-state index in [9.17, 15) is 4.79 Å². The number of carbonyl (C=O) groups is 1. The minimum Gasteiger partial charge on any atom is -0.360 e. The first-order chi connectivity index (χ1) is 11.6. The summed E-state index contributed by atoms with van der Waals surface area (Å²) in [6.07, 6.45) is 1.80. The molecule has 0 spiro atoms. The van der Waals surface area contributed by atoms with Crippen molar-refractivity contribution in [3.63, 3.8) is 0 Å². The van der Waals surface area contributed by atoms with Gasteiger partial charge in [0.15, 0.2) is 10.9 Å². The summed E-state index contributed by atoms with van der Waals surface area (Å²) in [5, 5.41) is 1.62. The van der Waals surface area contributed by atoms with E-state index in [0.29, 0.717) is 0 Å². The highest BCUT2D eigenvalue weighted by molar-refractivity contribution is 8.00. The quantitative estimate of drug-likeness (QED) is 0.444. The molecule has 0 aliphatic rings. The van der Waals surface area contributed by atoms with E-state index in [1.54, 1.807) is 6.20 Å². The van der Waals surface area contributed by atoms with E-state index in [2.05, 4.69) is 9.97 Å². The van der Waals surface area contributed by atoms with Crippen LogP contribution in [0.3, 0.4) is 0 Å². The molecule has 2 heterocycles. The number of aromatic amines is 1. The standard InChI is InChI=1S/C19H17N3OS/c1-12(18(23)14-11-20-15-8-4-3-7-13(14)15)24-19-21-16-9-5-6-10-17(16)22(19)2/h3-12,20H,1-2H3/t12-/m0/s1. The lowest BCUT2D eigenvalue weighted by atomic mass is 10.1. The zero-order valence-electron chi connectivity index (χ0n) is 13.5. The van der Waals surface area contributed by atoms with Crippen LogP contribution in [0.4, 0.5) is 0 Å². The lowest BCUT2D eigenvalue weighted by Gasteiger charge is -2.09. The predicted molar refractivity (Wildman–Crippen MR) is 98.7 cm³/mol. The number of carbonyl (C=O) groups excluding carboxylic acids is 1. The monoisotopic (exact) mass is 335 g/mol. The highest BCUT2D eigenvalue weighted by atomic mass is 32.2. The van der Waals surface area contributed by atoms with E-state index in [1.165, 1.54) is 11.8 Å². The third kappa shape index (κ3) is 2.41. The second kappa shape index (κ2) is 5.83. The number of thioether (sulfide) groups is 1. The van der Waals surface area contributed by atoms with Crippen LogP contribution in [0.2, 0.25) is 0 Å². The topological polar surface area (TPSA) is 50.7 Å². The van der Waals surface area contributed by atoms with E-state index in [-0.39, 0.29) is 11.0 Å². The molecule has 24 heavy (non-hydrogen) atoms. The molecule has 0 unspecified atom stereocenters. The smallest absolute Gasteiger partial charge is 0.178 e. The Labute approximate surface area is 143 Å². The van der Waals surface area contributed by atoms with Gasteiger partial charge in [0.25, 0.3) is 0 Å². The van der Waals surface area contributed by atoms with Gasteiger partial charge in [-0.15, -0.1) is 0 Å². The van der Waals surface area contributed by atoms with Crippen LogP contribution in [0.1, 0.15) is 17.3 Å². The summed E-state index contributed by atoms with van der Waals surface area (Å²) in [5.74, 6) is 0.115. The number of ketones is 1. The molecule has 0 amide bonds. The van der Waals surface area contributed by atoms with Crippen molar-refractivity contribution in [3.8, 4) is 0 Å². The number of nitrogens with one attached hydrogen (secondary N) is 1. The second-order valence-electron chi connectivity index (χ2n) is 5.81. The lowest BCUT2D eigenvalue weighted by Crippen LogP contribution is -2.14. The van der Waals surface area contributed by atoms with Gasteiger partial charge in [0.1, 0.15) is 0 Å². The average molecular weight is 335 g/mol. The molecule has 4 rings (SSSR count). The Balaban J connectivity index is 1.64. The average Bonchev–Trinajstić information content (AvgIpc) is 3.16. The molecule has 4 aromatic rings. The molecule has 0 aliphatic heterocycles. The Bertz CT molecular complexity index is 1050. The summed E-state index contributed by atoms with van der Waals surface area (Å²) >= 11 is 1.50. The van der Waals surface area contributed by atoms with Crippen molar-refractivity contribution in [2.24, 2.45) is 7.05 Å². The van der Waals surface area contributed by atoms with Crippen LogP contribution in [0.5, 0.6) is 0 Å². The van der Waals surface area contributed by atoms with Crippen LogP contribution in [-0.2, 0) is 7.05 Å². The number of imidazole rings is 1. The molecule has 0 saturated heterocycles. The zero-order chi connectivity index (χ0) is 16.7. The van der Waals surface area contributed by atoms with Crippen molar-refractivity contribution in [2.45, 2.75) is 17.3 Å². The number of aryl methyl sites for hydroxylation is 1. The molecule has 120 valence electrons. The molecule has 0 radical (unpaired) electrons. The Kier molecular flexibility index (Phi) is 3.65. The summed E-state index contributed by atoms with van der Waals surface area (Å²) in [6, 6.07) is 15.9. The molecule has 0 saturated carbocycles. The van der Waals surface area contributed by atoms with Crippen molar-refractivity contribution >= 4 is 39.5 Å². The first-order valence-electron chi connectivity index (χ1n) is 7.83. The van der Waals surface area contributed by atoms with E-state index < -0.39 is 0 Å². The van der Waals surface area contributed by atoms with Crippen molar-refractivity contribution < 1.29 is 4.79 Å². The van der Waals surface area contributed by atoms with Gasteiger partial charge in [0.2, 0.25) is 0 Å². The molecule has 1 atom stereocenters. The number of para-hydroxylation sites is 3. The Morgan fingerprint density at radius 1 is 1.17 bits per heavy atom. The third-order valence-corrected chi connectivity index (χ3v) is 5.40. The van der Waals surface area contributed by atoms with Crippen LogP contribution in [0, 0.1) is 0 Å². The van der Waals surface area contributed by atoms with Gasteiger partial charge in [-0.1, -0.05) is 42.1 Å². The van der Waals surface area contributed by atoms with E-state index in [0.717, 1.165) is 32.7 Å². The molecule has 2 aromatic heterocycles. The number of Topliss-reactive ketones (excluding diaryl/α,β-unsaturated/α-hetero) is 1. The van der Waals surface area contributed by atoms with Gasteiger partial charge < -0.3 is 9.55 Å². The summed E-state index contributed by atoms with van der Waals surface area (Å²) in [5.41, 5.74) is 3.76. The largest absolute Gasteiger partial charge is 0.360 e. The van der Waals surface area contributed by atoms with Gasteiger partial charge in [-0.3, -0.25) is 4.79 Å². The van der Waals surface area contributed by atoms with Crippen LogP contribution >= 0.6 is 11.8 Å². The molecular weight excluding hydrogens is 318 g/mol. The molecule has 2 aromatic carbocycles. The third-order valence-electron chi connectivity index (χ3n) is 4.25. The van der Waals surface area contributed by atoms with E-state index in [4.69, 9.17) is 0 Å². The number of hydrogen-bond donors (Lipinski definition) is 1. The van der Waals surface area contributed by atoms with Crippen molar-refractivity contribution in [3.05, 3.63) is 60.3 Å². The van der Waals surface area contributed by atoms with Crippen LogP contribution in [0.25, 0.3) is 21.9 Å². The lowest BCUT2D eigenvalue weighted by molar-refractivity contribution is 0.0995. The number of H-pyrrole nitrogens is 1. The SMILES string of the molecule is C[C@H](Sc1nc2ccccc2n1C)C(=O)c1c[nH]c2ccccc12. The van der Waals surface area contributed by atoms with Gasteiger partial charge in [0, 0.05) is 29.7 Å². The van der Waals surface area contributed by atoms with Crippen LogP contribution in [-0.4, -0.2) is 25.6 Å². The second-order valence-corrected chi connectivity index (χ2v) is 7.12. The van der Waals surface area contributed by atoms with Crippen molar-refractivity contribution in [1.29, 1.82) is 0 Å². The highest BCUT2D eigenvalue weighted by Crippen LogP contribution is 2.29. The van der Waals surface area contributed by atoms with Crippen LogP contribution < -0.4 is 0 Å². The first kappa shape index (κ1) is 15.0. The minimum absolute atomic E-state index is 0.115. The van der Waals surface area contributed by atoms with Gasteiger partial charge in [-0.25, -0.2) is 4.98 Å². The zero-order valence-corrected chi connectivity index (χ0v) is 14.3. The highest BCUT2D eigenvalue weighted by Gasteiger charge is 2.22. The molecule has 0 fully saturated rings. The maximum absolute atomic E-state index is 12.9. The number of aromatic nitrogens is 3. The minimum atomic E-state index is -0.209. The molecule has 4 nitrogen and oxygen atoms in total. The summed E-state index contributed by atoms with van der Waals surface area (Å²) in [7, 11) is 1.99. The van der Waals surface area contributed by atoms with Crippen molar-refractivity contribution in [1.82, 2.24) is 14.5 Å². The summed E-state index contributed by atoms with van der Waals surface area (Å²) < 4.78 is 2.04. The normalized spacial score (nSPS) is 12.8. The Morgan fingerprint density at radius 2 is 1.92 bits per heavy atom. The number of nitrogens with zero attached hydrogens (tertiary/aromatic N) is 2. The first-order valence-corrected chi connectivity index (χ1v) is 8.71. The van der Waals surface area contributed by atoms with E-state index >= 15 is 0 Å². The molecule has 5 heteroatoms. The van der Waals surface area contributed by atoms with Gasteiger partial charge in [0.05, 0.1) is 16.3 Å². The van der Waals surface area contributed by atoms with Crippen LogP contribution in [0.15, 0.2) is 59.9 Å². The molecule has 0 aliphatic carbocycles. The molecule has 1 N–H and O–H groups in total. The maximum atomic E-state index is 12.9.